The Balaban J connectivity index is 2.25. The molecule has 0 atom stereocenters. The van der Waals surface area contributed by atoms with Crippen LogP contribution < -0.4 is 5.73 Å². The molecule has 1 aliphatic heterocycles. The summed E-state index contributed by atoms with van der Waals surface area (Å²) in [6, 6.07) is 4.29. The van der Waals surface area contributed by atoms with Crippen LogP contribution in [-0.2, 0) is 10.0 Å². The molecule has 7 heteroatoms. The van der Waals surface area contributed by atoms with Gasteiger partial charge in [0.1, 0.15) is 0 Å². The third-order valence-corrected chi connectivity index (χ3v) is 5.63. The molecule has 1 heterocycles. The number of rotatable bonds is 2. The molecule has 0 unspecified atom stereocenters. The van der Waals surface area contributed by atoms with Crippen molar-refractivity contribution in [2.24, 2.45) is 0 Å². The predicted octanol–water partition coefficient (Wildman–Crippen LogP) is 1.46. The zero-order valence-corrected chi connectivity index (χ0v) is 12.2. The Bertz CT molecular complexity index is 577. The summed E-state index contributed by atoms with van der Waals surface area (Å²) in [6.07, 6.45) is 0.851. The third kappa shape index (κ3) is 3.02. The van der Waals surface area contributed by atoms with Gasteiger partial charge in [-0.15, -0.1) is 0 Å². The van der Waals surface area contributed by atoms with Crippen LogP contribution in [0.1, 0.15) is 19.8 Å². The predicted molar refractivity (Wildman–Crippen MR) is 74.5 cm³/mol. The van der Waals surface area contributed by atoms with E-state index in [1.54, 1.807) is 6.92 Å². The van der Waals surface area contributed by atoms with Crippen LogP contribution in [0.2, 0.25) is 5.02 Å². The molecule has 1 saturated heterocycles. The Labute approximate surface area is 118 Å². The largest absolute Gasteiger partial charge is 0.398 e. The Morgan fingerprint density at radius 1 is 1.37 bits per heavy atom. The molecule has 0 radical (unpaired) electrons. The number of sulfonamides is 1. The van der Waals surface area contributed by atoms with Gasteiger partial charge >= 0.3 is 0 Å². The summed E-state index contributed by atoms with van der Waals surface area (Å²) in [5.41, 5.74) is 5.13. The summed E-state index contributed by atoms with van der Waals surface area (Å²) in [5.74, 6) is 0. The van der Waals surface area contributed by atoms with Crippen LogP contribution in [0.4, 0.5) is 5.69 Å². The normalized spacial score (nSPS) is 20.4. The van der Waals surface area contributed by atoms with E-state index in [-0.39, 0.29) is 9.92 Å². The molecule has 2 rings (SSSR count). The van der Waals surface area contributed by atoms with E-state index in [4.69, 9.17) is 17.3 Å². The van der Waals surface area contributed by atoms with Crippen molar-refractivity contribution in [3.05, 3.63) is 23.2 Å². The smallest absolute Gasteiger partial charge is 0.243 e. The van der Waals surface area contributed by atoms with E-state index in [2.05, 4.69) is 0 Å². The van der Waals surface area contributed by atoms with Crippen LogP contribution in [0.3, 0.4) is 0 Å². The Hall–Kier alpha value is -0.820. The molecule has 0 bridgehead atoms. The molecule has 5 nitrogen and oxygen atoms in total. The number of anilines is 1. The maximum Gasteiger partial charge on any atom is 0.243 e. The number of hydrogen-bond acceptors (Lipinski definition) is 4. The average molecular weight is 305 g/mol. The molecular formula is C12H17ClN2O3S. The summed E-state index contributed by atoms with van der Waals surface area (Å²) >= 11 is 5.86. The first-order valence-corrected chi connectivity index (χ1v) is 7.82. The number of hydrogen-bond donors (Lipinski definition) is 2. The van der Waals surface area contributed by atoms with Crippen LogP contribution in [0.25, 0.3) is 0 Å². The maximum atomic E-state index is 12.4. The van der Waals surface area contributed by atoms with E-state index in [9.17, 15) is 13.5 Å². The molecule has 1 fully saturated rings. The number of halogens is 1. The van der Waals surface area contributed by atoms with Crippen molar-refractivity contribution >= 4 is 27.3 Å². The maximum absolute atomic E-state index is 12.4. The van der Waals surface area contributed by atoms with Crippen molar-refractivity contribution in [3.63, 3.8) is 0 Å². The lowest BCUT2D eigenvalue weighted by Gasteiger charge is -2.35. The first kappa shape index (κ1) is 14.6. The summed E-state index contributed by atoms with van der Waals surface area (Å²) < 4.78 is 26.2. The van der Waals surface area contributed by atoms with Crippen LogP contribution in [0.15, 0.2) is 23.1 Å². The van der Waals surface area contributed by atoms with Gasteiger partial charge < -0.3 is 10.8 Å². The highest BCUT2D eigenvalue weighted by Gasteiger charge is 2.34. The van der Waals surface area contributed by atoms with Gasteiger partial charge in [0.15, 0.2) is 0 Å². The minimum Gasteiger partial charge on any atom is -0.398 e. The summed E-state index contributed by atoms with van der Waals surface area (Å²) in [4.78, 5) is 0.133. The van der Waals surface area contributed by atoms with Crippen molar-refractivity contribution in [2.45, 2.75) is 30.3 Å². The first-order chi connectivity index (χ1) is 8.72. The third-order valence-electron chi connectivity index (χ3n) is 3.41. The lowest BCUT2D eigenvalue weighted by molar-refractivity contribution is 0.0126. The lowest BCUT2D eigenvalue weighted by atomic mass is 9.95. The van der Waals surface area contributed by atoms with Gasteiger partial charge in [0, 0.05) is 13.1 Å². The molecule has 106 valence electrons. The zero-order chi connectivity index (χ0) is 14.3. The highest BCUT2D eigenvalue weighted by atomic mass is 35.5. The molecule has 19 heavy (non-hydrogen) atoms. The second kappa shape index (κ2) is 4.94. The SMILES string of the molecule is CC1(O)CCN(S(=O)(=O)c2ccc(N)c(Cl)c2)CC1. The highest BCUT2D eigenvalue weighted by molar-refractivity contribution is 7.89. The standard InChI is InChI=1S/C12H17ClN2O3S/c1-12(16)4-6-15(7-5-12)19(17,18)9-2-3-11(14)10(13)8-9/h2-3,8,16H,4-7,14H2,1H3. The molecule has 3 N–H and O–H groups in total. The molecule has 1 aliphatic rings. The van der Waals surface area contributed by atoms with Gasteiger partial charge in [-0.25, -0.2) is 8.42 Å². The first-order valence-electron chi connectivity index (χ1n) is 6.00. The second-order valence-electron chi connectivity index (χ2n) is 5.08. The van der Waals surface area contributed by atoms with Gasteiger partial charge in [0.2, 0.25) is 10.0 Å². The number of nitrogens with two attached hydrogens (primary N) is 1. The number of nitrogens with zero attached hydrogens (tertiary/aromatic N) is 1. The van der Waals surface area contributed by atoms with E-state index in [0.29, 0.717) is 31.6 Å². The molecule has 1 aromatic carbocycles. The second-order valence-corrected chi connectivity index (χ2v) is 7.43. The van der Waals surface area contributed by atoms with Crippen molar-refractivity contribution < 1.29 is 13.5 Å². The van der Waals surface area contributed by atoms with Crippen molar-refractivity contribution in [3.8, 4) is 0 Å². The van der Waals surface area contributed by atoms with Gasteiger partial charge in [-0.3, -0.25) is 0 Å². The van der Waals surface area contributed by atoms with Crippen LogP contribution in [0, 0.1) is 0 Å². The van der Waals surface area contributed by atoms with Gasteiger partial charge in [0.25, 0.3) is 0 Å². The number of piperidine rings is 1. The lowest BCUT2D eigenvalue weighted by Crippen LogP contribution is -2.45. The fourth-order valence-corrected chi connectivity index (χ4v) is 3.74. The highest BCUT2D eigenvalue weighted by Crippen LogP contribution is 2.28. The molecule has 0 spiro atoms. The fraction of sp³-hybridized carbons (Fsp3) is 0.500. The van der Waals surface area contributed by atoms with Crippen molar-refractivity contribution in [1.29, 1.82) is 0 Å². The number of benzene rings is 1. The van der Waals surface area contributed by atoms with Gasteiger partial charge in [-0.2, -0.15) is 4.31 Å². The van der Waals surface area contributed by atoms with E-state index in [1.165, 1.54) is 22.5 Å². The molecule has 0 aromatic heterocycles. The minimum atomic E-state index is -3.57. The summed E-state index contributed by atoms with van der Waals surface area (Å²) in [6.45, 7) is 2.33. The van der Waals surface area contributed by atoms with Crippen LogP contribution >= 0.6 is 11.6 Å². The van der Waals surface area contributed by atoms with E-state index in [1.807, 2.05) is 0 Å². The topological polar surface area (TPSA) is 83.6 Å². The number of aliphatic hydroxyl groups is 1. The molecule has 1 aromatic rings. The average Bonchev–Trinajstić information content (AvgIpc) is 2.32. The monoisotopic (exact) mass is 304 g/mol. The molecular weight excluding hydrogens is 288 g/mol. The van der Waals surface area contributed by atoms with E-state index < -0.39 is 15.6 Å². The summed E-state index contributed by atoms with van der Waals surface area (Å²) in [5, 5.41) is 10.1. The van der Waals surface area contributed by atoms with Crippen molar-refractivity contribution in [2.75, 3.05) is 18.8 Å². The molecule has 0 saturated carbocycles. The molecule has 0 aliphatic carbocycles. The molecule has 0 amide bonds. The van der Waals surface area contributed by atoms with Crippen LogP contribution in [-0.4, -0.2) is 36.5 Å². The quantitative estimate of drug-likeness (QED) is 0.810. The van der Waals surface area contributed by atoms with E-state index in [0.717, 1.165) is 0 Å². The minimum absolute atomic E-state index is 0.133. The zero-order valence-electron chi connectivity index (χ0n) is 10.6. The van der Waals surface area contributed by atoms with Gasteiger partial charge in [-0.05, 0) is 38.0 Å². The fourth-order valence-electron chi connectivity index (χ4n) is 2.03. The van der Waals surface area contributed by atoms with Gasteiger partial charge in [-0.1, -0.05) is 11.6 Å². The summed E-state index contributed by atoms with van der Waals surface area (Å²) in [7, 11) is -3.57. The van der Waals surface area contributed by atoms with E-state index >= 15 is 0 Å². The Morgan fingerprint density at radius 3 is 2.47 bits per heavy atom. The van der Waals surface area contributed by atoms with Gasteiger partial charge in [0.05, 0.1) is 21.2 Å². The van der Waals surface area contributed by atoms with Crippen LogP contribution in [0.5, 0.6) is 0 Å². The Morgan fingerprint density at radius 2 is 1.95 bits per heavy atom. The van der Waals surface area contributed by atoms with Crippen molar-refractivity contribution in [1.82, 2.24) is 4.31 Å². The number of nitrogen functional groups attached to an aromatic ring is 1. The Kier molecular flexibility index (Phi) is 3.79.